The van der Waals surface area contributed by atoms with Gasteiger partial charge in [-0.25, -0.2) is 4.98 Å². The van der Waals surface area contributed by atoms with E-state index in [2.05, 4.69) is 28.7 Å². The molecule has 0 unspecified atom stereocenters. The molecule has 0 aromatic carbocycles. The van der Waals surface area contributed by atoms with Crippen LogP contribution in [-0.4, -0.2) is 27.2 Å². The Balaban J connectivity index is 2.29. The Labute approximate surface area is 90.0 Å². The third-order valence-corrected chi connectivity index (χ3v) is 3.01. The molecule has 82 valence electrons. The Morgan fingerprint density at radius 1 is 1.47 bits per heavy atom. The first-order chi connectivity index (χ1) is 7.13. The van der Waals surface area contributed by atoms with Crippen molar-refractivity contribution in [3.63, 3.8) is 0 Å². The van der Waals surface area contributed by atoms with Gasteiger partial charge in [0.05, 0.1) is 24.7 Å². The minimum absolute atomic E-state index is 0.0465. The van der Waals surface area contributed by atoms with Crippen molar-refractivity contribution in [2.24, 2.45) is 0 Å². The lowest BCUT2D eigenvalue weighted by Crippen LogP contribution is -2.38. The van der Waals surface area contributed by atoms with Crippen LogP contribution in [0.2, 0.25) is 0 Å². The molecule has 0 spiro atoms. The van der Waals surface area contributed by atoms with E-state index in [1.807, 2.05) is 0 Å². The maximum absolute atomic E-state index is 9.01. The van der Waals surface area contributed by atoms with E-state index in [4.69, 9.17) is 5.11 Å². The van der Waals surface area contributed by atoms with Crippen molar-refractivity contribution in [2.45, 2.75) is 38.8 Å². The van der Waals surface area contributed by atoms with Crippen LogP contribution in [-0.2, 0) is 6.61 Å². The second kappa shape index (κ2) is 3.77. The molecule has 1 saturated heterocycles. The van der Waals surface area contributed by atoms with Crippen LogP contribution in [0.3, 0.4) is 0 Å². The van der Waals surface area contributed by atoms with Crippen LogP contribution >= 0.6 is 0 Å². The van der Waals surface area contributed by atoms with Gasteiger partial charge in [-0.3, -0.25) is 4.98 Å². The van der Waals surface area contributed by atoms with Gasteiger partial charge in [-0.2, -0.15) is 0 Å². The quantitative estimate of drug-likeness (QED) is 0.795. The fraction of sp³-hybridized carbons (Fsp3) is 0.636. The summed E-state index contributed by atoms with van der Waals surface area (Å²) < 4.78 is 0. The fourth-order valence-electron chi connectivity index (χ4n) is 2.13. The van der Waals surface area contributed by atoms with Crippen LogP contribution in [0.25, 0.3) is 0 Å². The molecule has 15 heavy (non-hydrogen) atoms. The van der Waals surface area contributed by atoms with Gasteiger partial charge in [0.25, 0.3) is 0 Å². The highest BCUT2D eigenvalue weighted by Gasteiger charge is 2.32. The zero-order valence-corrected chi connectivity index (χ0v) is 9.27. The van der Waals surface area contributed by atoms with Gasteiger partial charge in [0.2, 0.25) is 0 Å². The highest BCUT2D eigenvalue weighted by atomic mass is 16.3. The van der Waals surface area contributed by atoms with Gasteiger partial charge in [-0.05, 0) is 26.7 Å². The highest BCUT2D eigenvalue weighted by molar-refractivity contribution is 5.41. The van der Waals surface area contributed by atoms with Crippen molar-refractivity contribution in [1.29, 1.82) is 0 Å². The van der Waals surface area contributed by atoms with E-state index in [-0.39, 0.29) is 12.1 Å². The number of hydrogen-bond donors (Lipinski definition) is 1. The summed E-state index contributed by atoms with van der Waals surface area (Å²) in [7, 11) is 0. The van der Waals surface area contributed by atoms with Crippen molar-refractivity contribution < 1.29 is 5.11 Å². The Kier molecular flexibility index (Phi) is 2.61. The summed E-state index contributed by atoms with van der Waals surface area (Å²) >= 11 is 0. The number of aliphatic hydroxyl groups is 1. The molecular formula is C11H17N3O. The average molecular weight is 207 g/mol. The van der Waals surface area contributed by atoms with E-state index in [0.29, 0.717) is 5.69 Å². The molecular weight excluding hydrogens is 190 g/mol. The lowest BCUT2D eigenvalue weighted by molar-refractivity contribution is 0.276. The van der Waals surface area contributed by atoms with E-state index < -0.39 is 0 Å². The molecule has 1 N–H and O–H groups in total. The first-order valence-electron chi connectivity index (χ1n) is 5.33. The van der Waals surface area contributed by atoms with E-state index in [9.17, 15) is 0 Å². The van der Waals surface area contributed by atoms with Gasteiger partial charge in [-0.15, -0.1) is 0 Å². The van der Waals surface area contributed by atoms with Crippen molar-refractivity contribution in [3.8, 4) is 0 Å². The van der Waals surface area contributed by atoms with E-state index in [1.54, 1.807) is 12.4 Å². The SMILES string of the molecule is CC1(C)CCCN1c1cncc(CO)n1. The van der Waals surface area contributed by atoms with Gasteiger partial charge in [0.15, 0.2) is 0 Å². The largest absolute Gasteiger partial charge is 0.390 e. The number of aliphatic hydroxyl groups excluding tert-OH is 1. The van der Waals surface area contributed by atoms with E-state index >= 15 is 0 Å². The van der Waals surface area contributed by atoms with Crippen LogP contribution in [0.5, 0.6) is 0 Å². The van der Waals surface area contributed by atoms with Crippen LogP contribution in [0.1, 0.15) is 32.4 Å². The third kappa shape index (κ3) is 1.95. The lowest BCUT2D eigenvalue weighted by atomic mass is 10.0. The smallest absolute Gasteiger partial charge is 0.147 e. The predicted molar refractivity (Wildman–Crippen MR) is 58.6 cm³/mol. The average Bonchev–Trinajstić information content (AvgIpc) is 2.58. The standard InChI is InChI=1S/C11H17N3O/c1-11(2)4-3-5-14(11)10-7-12-6-9(8-15)13-10/h6-7,15H,3-5,8H2,1-2H3. The molecule has 2 heterocycles. The molecule has 2 rings (SSSR count). The maximum atomic E-state index is 9.01. The molecule has 0 saturated carbocycles. The van der Waals surface area contributed by atoms with Crippen LogP contribution in [0.4, 0.5) is 5.82 Å². The van der Waals surface area contributed by atoms with Crippen molar-refractivity contribution in [1.82, 2.24) is 9.97 Å². The second-order valence-electron chi connectivity index (χ2n) is 4.59. The zero-order chi connectivity index (χ0) is 10.9. The maximum Gasteiger partial charge on any atom is 0.147 e. The Hall–Kier alpha value is -1.16. The van der Waals surface area contributed by atoms with Gasteiger partial charge < -0.3 is 10.0 Å². The van der Waals surface area contributed by atoms with E-state index in [1.165, 1.54) is 12.8 Å². The lowest BCUT2D eigenvalue weighted by Gasteiger charge is -2.32. The minimum atomic E-state index is -0.0465. The summed E-state index contributed by atoms with van der Waals surface area (Å²) in [6.07, 6.45) is 5.74. The molecule has 0 aliphatic carbocycles. The summed E-state index contributed by atoms with van der Waals surface area (Å²) in [6, 6.07) is 0. The summed E-state index contributed by atoms with van der Waals surface area (Å²) in [5, 5.41) is 9.01. The van der Waals surface area contributed by atoms with Crippen molar-refractivity contribution in [2.75, 3.05) is 11.4 Å². The van der Waals surface area contributed by atoms with Gasteiger partial charge in [0, 0.05) is 12.1 Å². The fourth-order valence-corrected chi connectivity index (χ4v) is 2.13. The van der Waals surface area contributed by atoms with Crippen LogP contribution in [0, 0.1) is 0 Å². The molecule has 0 radical (unpaired) electrons. The number of hydrogen-bond acceptors (Lipinski definition) is 4. The summed E-state index contributed by atoms with van der Waals surface area (Å²) in [5.41, 5.74) is 0.790. The third-order valence-electron chi connectivity index (χ3n) is 3.01. The van der Waals surface area contributed by atoms with Crippen molar-refractivity contribution in [3.05, 3.63) is 18.1 Å². The monoisotopic (exact) mass is 207 g/mol. The molecule has 0 amide bonds. The Bertz CT molecular complexity index is 351. The molecule has 1 aliphatic rings. The summed E-state index contributed by atoms with van der Waals surface area (Å²) in [5.74, 6) is 0.879. The topological polar surface area (TPSA) is 49.2 Å². The zero-order valence-electron chi connectivity index (χ0n) is 9.27. The Morgan fingerprint density at radius 2 is 2.27 bits per heavy atom. The summed E-state index contributed by atoms with van der Waals surface area (Å²) in [4.78, 5) is 10.7. The van der Waals surface area contributed by atoms with Crippen LogP contribution < -0.4 is 4.90 Å². The predicted octanol–water partition coefficient (Wildman–Crippen LogP) is 1.35. The van der Waals surface area contributed by atoms with Gasteiger partial charge >= 0.3 is 0 Å². The number of aromatic nitrogens is 2. The van der Waals surface area contributed by atoms with Crippen molar-refractivity contribution >= 4 is 5.82 Å². The van der Waals surface area contributed by atoms with Crippen LogP contribution in [0.15, 0.2) is 12.4 Å². The molecule has 1 aliphatic heterocycles. The molecule has 1 fully saturated rings. The summed E-state index contributed by atoms with van der Waals surface area (Å²) in [6.45, 7) is 5.41. The number of anilines is 1. The molecule has 0 bridgehead atoms. The second-order valence-corrected chi connectivity index (χ2v) is 4.59. The Morgan fingerprint density at radius 3 is 2.87 bits per heavy atom. The van der Waals surface area contributed by atoms with Gasteiger partial charge in [-0.1, -0.05) is 0 Å². The molecule has 4 nitrogen and oxygen atoms in total. The van der Waals surface area contributed by atoms with E-state index in [0.717, 1.165) is 12.4 Å². The molecule has 1 aromatic heterocycles. The van der Waals surface area contributed by atoms with Gasteiger partial charge in [0.1, 0.15) is 5.82 Å². The first kappa shape index (κ1) is 10.4. The first-order valence-corrected chi connectivity index (χ1v) is 5.33. The number of rotatable bonds is 2. The molecule has 0 atom stereocenters. The normalized spacial score (nSPS) is 19.5. The minimum Gasteiger partial charge on any atom is -0.390 e. The molecule has 1 aromatic rings. The highest BCUT2D eigenvalue weighted by Crippen LogP contribution is 2.31. The molecule has 4 heteroatoms. The number of nitrogens with zero attached hydrogens (tertiary/aromatic N) is 3.